The summed E-state index contributed by atoms with van der Waals surface area (Å²) in [6, 6.07) is 0.151. The molecule has 4 heteroatoms. The fourth-order valence-corrected chi connectivity index (χ4v) is 2.46. The van der Waals surface area contributed by atoms with Crippen LogP contribution in [0.3, 0.4) is 0 Å². The highest BCUT2D eigenvalue weighted by Crippen LogP contribution is 2.33. The van der Waals surface area contributed by atoms with Crippen molar-refractivity contribution >= 4 is 11.9 Å². The molecular formula is C13H23NO3. The summed E-state index contributed by atoms with van der Waals surface area (Å²) in [4.78, 5) is 25.1. The summed E-state index contributed by atoms with van der Waals surface area (Å²) in [5.41, 5.74) is 0. The molecule has 1 N–H and O–H groups in total. The summed E-state index contributed by atoms with van der Waals surface area (Å²) in [5.74, 6) is -1.25. The molecule has 1 amide bonds. The van der Waals surface area contributed by atoms with E-state index in [0.29, 0.717) is 18.8 Å². The van der Waals surface area contributed by atoms with Crippen LogP contribution in [0.15, 0.2) is 0 Å². The number of nitrogens with zero attached hydrogens (tertiary/aromatic N) is 1. The highest BCUT2D eigenvalue weighted by Gasteiger charge is 2.39. The van der Waals surface area contributed by atoms with Crippen LogP contribution in [0.1, 0.15) is 40.0 Å². The first kappa shape index (κ1) is 14.0. The third kappa shape index (κ3) is 2.99. The molecule has 0 aromatic carbocycles. The van der Waals surface area contributed by atoms with Crippen molar-refractivity contribution in [3.8, 4) is 0 Å². The van der Waals surface area contributed by atoms with Crippen molar-refractivity contribution in [3.05, 3.63) is 0 Å². The minimum Gasteiger partial charge on any atom is -0.481 e. The van der Waals surface area contributed by atoms with Crippen molar-refractivity contribution in [2.24, 2.45) is 17.8 Å². The van der Waals surface area contributed by atoms with Crippen molar-refractivity contribution in [2.45, 2.75) is 46.1 Å². The van der Waals surface area contributed by atoms with Crippen molar-refractivity contribution in [1.82, 2.24) is 4.90 Å². The van der Waals surface area contributed by atoms with Gasteiger partial charge in [-0.15, -0.1) is 0 Å². The van der Waals surface area contributed by atoms with Gasteiger partial charge >= 0.3 is 5.97 Å². The molecule has 1 saturated carbocycles. The number of carboxylic acid groups (broad SMARTS) is 1. The lowest BCUT2D eigenvalue weighted by Crippen LogP contribution is -2.43. The van der Waals surface area contributed by atoms with Gasteiger partial charge in [-0.3, -0.25) is 9.59 Å². The van der Waals surface area contributed by atoms with Crippen LogP contribution in [0.4, 0.5) is 0 Å². The van der Waals surface area contributed by atoms with E-state index in [0.717, 1.165) is 6.42 Å². The predicted molar refractivity (Wildman–Crippen MR) is 65.5 cm³/mol. The fraction of sp³-hybridized carbons (Fsp3) is 0.846. The smallest absolute Gasteiger partial charge is 0.307 e. The second-order valence-corrected chi connectivity index (χ2v) is 5.42. The van der Waals surface area contributed by atoms with E-state index in [-0.39, 0.29) is 17.9 Å². The average molecular weight is 241 g/mol. The third-order valence-electron chi connectivity index (χ3n) is 4.07. The maximum Gasteiger partial charge on any atom is 0.307 e. The SMILES string of the molecule is CC(C)C(C)N(C)C(=O)C1CCCC1C(=O)O. The van der Waals surface area contributed by atoms with Gasteiger partial charge in [0.05, 0.1) is 11.8 Å². The van der Waals surface area contributed by atoms with E-state index in [9.17, 15) is 9.59 Å². The molecule has 0 heterocycles. The van der Waals surface area contributed by atoms with Gasteiger partial charge in [-0.1, -0.05) is 20.3 Å². The molecule has 1 aliphatic carbocycles. The summed E-state index contributed by atoms with van der Waals surface area (Å²) in [7, 11) is 1.78. The first-order valence-corrected chi connectivity index (χ1v) is 6.35. The van der Waals surface area contributed by atoms with E-state index >= 15 is 0 Å². The number of aliphatic carboxylic acids is 1. The maximum absolute atomic E-state index is 12.3. The molecule has 4 nitrogen and oxygen atoms in total. The Labute approximate surface area is 103 Å². The molecule has 0 spiro atoms. The van der Waals surface area contributed by atoms with Gasteiger partial charge in [0.25, 0.3) is 0 Å². The van der Waals surface area contributed by atoms with E-state index in [1.165, 1.54) is 0 Å². The quantitative estimate of drug-likeness (QED) is 0.819. The van der Waals surface area contributed by atoms with Crippen molar-refractivity contribution < 1.29 is 14.7 Å². The molecule has 1 aliphatic rings. The zero-order chi connectivity index (χ0) is 13.2. The number of amides is 1. The number of hydrogen-bond donors (Lipinski definition) is 1. The van der Waals surface area contributed by atoms with Crippen LogP contribution in [0.5, 0.6) is 0 Å². The molecule has 17 heavy (non-hydrogen) atoms. The highest BCUT2D eigenvalue weighted by molar-refractivity contribution is 5.85. The second kappa shape index (κ2) is 5.52. The average Bonchev–Trinajstić information content (AvgIpc) is 2.74. The van der Waals surface area contributed by atoms with Gasteiger partial charge in [0.2, 0.25) is 5.91 Å². The Bertz CT molecular complexity index is 301. The van der Waals surface area contributed by atoms with Gasteiger partial charge in [-0.2, -0.15) is 0 Å². The molecule has 0 radical (unpaired) electrons. The monoisotopic (exact) mass is 241 g/mol. The molecule has 0 aromatic rings. The van der Waals surface area contributed by atoms with Gasteiger partial charge in [-0.05, 0) is 25.7 Å². The maximum atomic E-state index is 12.3. The molecule has 3 unspecified atom stereocenters. The van der Waals surface area contributed by atoms with Crippen LogP contribution >= 0.6 is 0 Å². The Balaban J connectivity index is 2.72. The molecule has 98 valence electrons. The summed E-state index contributed by atoms with van der Waals surface area (Å²) >= 11 is 0. The number of carbonyl (C=O) groups is 2. The van der Waals surface area contributed by atoms with Gasteiger partial charge in [0, 0.05) is 13.1 Å². The zero-order valence-corrected chi connectivity index (χ0v) is 11.1. The van der Waals surface area contributed by atoms with Crippen LogP contribution in [0.2, 0.25) is 0 Å². The van der Waals surface area contributed by atoms with E-state index in [1.54, 1.807) is 11.9 Å². The highest BCUT2D eigenvalue weighted by atomic mass is 16.4. The Morgan fingerprint density at radius 1 is 1.18 bits per heavy atom. The minimum absolute atomic E-state index is 0.00361. The number of hydrogen-bond acceptors (Lipinski definition) is 2. The second-order valence-electron chi connectivity index (χ2n) is 5.42. The van der Waals surface area contributed by atoms with Crippen molar-refractivity contribution in [2.75, 3.05) is 7.05 Å². The summed E-state index contributed by atoms with van der Waals surface area (Å²) in [6.07, 6.45) is 2.19. The van der Waals surface area contributed by atoms with Gasteiger partial charge in [-0.25, -0.2) is 0 Å². The molecule has 3 atom stereocenters. The minimum atomic E-state index is -0.827. The van der Waals surface area contributed by atoms with Crippen LogP contribution in [-0.4, -0.2) is 35.0 Å². The lowest BCUT2D eigenvalue weighted by Gasteiger charge is -2.31. The molecule has 0 aromatic heterocycles. The van der Waals surface area contributed by atoms with E-state index in [1.807, 2.05) is 6.92 Å². The Morgan fingerprint density at radius 3 is 2.18 bits per heavy atom. The summed E-state index contributed by atoms with van der Waals surface area (Å²) < 4.78 is 0. The molecule has 0 saturated heterocycles. The fourth-order valence-electron chi connectivity index (χ4n) is 2.46. The van der Waals surface area contributed by atoms with Crippen LogP contribution in [0, 0.1) is 17.8 Å². The molecule has 1 rings (SSSR count). The van der Waals surface area contributed by atoms with E-state index in [4.69, 9.17) is 5.11 Å². The number of rotatable bonds is 4. The number of carbonyl (C=O) groups excluding carboxylic acids is 1. The van der Waals surface area contributed by atoms with E-state index < -0.39 is 11.9 Å². The Kier molecular flexibility index (Phi) is 4.54. The van der Waals surface area contributed by atoms with E-state index in [2.05, 4.69) is 13.8 Å². The first-order chi connectivity index (χ1) is 7.86. The van der Waals surface area contributed by atoms with Gasteiger partial charge in [0.15, 0.2) is 0 Å². The topological polar surface area (TPSA) is 57.6 Å². The van der Waals surface area contributed by atoms with Crippen molar-refractivity contribution in [1.29, 1.82) is 0 Å². The van der Waals surface area contributed by atoms with Gasteiger partial charge in [0.1, 0.15) is 0 Å². The zero-order valence-electron chi connectivity index (χ0n) is 11.1. The predicted octanol–water partition coefficient (Wildman–Crippen LogP) is 1.99. The van der Waals surface area contributed by atoms with Crippen molar-refractivity contribution in [3.63, 3.8) is 0 Å². The normalized spacial score (nSPS) is 25.9. The number of carboxylic acids is 1. The van der Waals surface area contributed by atoms with Gasteiger partial charge < -0.3 is 10.0 Å². The standard InChI is InChI=1S/C13H23NO3/c1-8(2)9(3)14(4)12(15)10-6-5-7-11(10)13(16)17/h8-11H,5-7H2,1-4H3,(H,16,17). The Morgan fingerprint density at radius 2 is 1.71 bits per heavy atom. The lowest BCUT2D eigenvalue weighted by atomic mass is 9.93. The summed E-state index contributed by atoms with van der Waals surface area (Å²) in [5, 5.41) is 9.09. The molecule has 0 bridgehead atoms. The van der Waals surface area contributed by atoms with Crippen LogP contribution < -0.4 is 0 Å². The largest absolute Gasteiger partial charge is 0.481 e. The molecular weight excluding hydrogens is 218 g/mol. The van der Waals surface area contributed by atoms with Crippen LogP contribution in [0.25, 0.3) is 0 Å². The first-order valence-electron chi connectivity index (χ1n) is 6.35. The third-order valence-corrected chi connectivity index (χ3v) is 4.07. The molecule has 1 fully saturated rings. The van der Waals surface area contributed by atoms with Crippen LogP contribution in [-0.2, 0) is 9.59 Å². The lowest BCUT2D eigenvalue weighted by molar-refractivity contribution is -0.149. The molecule has 0 aliphatic heterocycles. The summed E-state index contributed by atoms with van der Waals surface area (Å²) in [6.45, 7) is 6.14. The Hall–Kier alpha value is -1.06.